The molecule has 0 amide bonds. The Balaban J connectivity index is 2.42. The minimum absolute atomic E-state index is 0.379. The van der Waals surface area contributed by atoms with Crippen molar-refractivity contribution in [3.8, 4) is 0 Å². The van der Waals surface area contributed by atoms with E-state index >= 15 is 0 Å². The van der Waals surface area contributed by atoms with Crippen molar-refractivity contribution in [2.24, 2.45) is 0 Å². The summed E-state index contributed by atoms with van der Waals surface area (Å²) >= 11 is 5.15. The van der Waals surface area contributed by atoms with E-state index in [0.29, 0.717) is 10.8 Å². The predicted molar refractivity (Wildman–Crippen MR) is 68.5 cm³/mol. The first-order chi connectivity index (χ1) is 7.66. The second kappa shape index (κ2) is 4.93. The zero-order chi connectivity index (χ0) is 11.5. The van der Waals surface area contributed by atoms with Crippen molar-refractivity contribution in [1.29, 1.82) is 0 Å². The van der Waals surface area contributed by atoms with Crippen LogP contribution in [0.15, 0.2) is 0 Å². The van der Waals surface area contributed by atoms with Crippen molar-refractivity contribution >= 4 is 18.0 Å². The van der Waals surface area contributed by atoms with Gasteiger partial charge in [-0.2, -0.15) is 0 Å². The van der Waals surface area contributed by atoms with Gasteiger partial charge in [0, 0.05) is 30.3 Å². The molecule has 2 rings (SSSR count). The highest BCUT2D eigenvalue weighted by Crippen LogP contribution is 2.19. The quantitative estimate of drug-likeness (QED) is 0.686. The molecule has 0 fully saturated rings. The number of hydrogen-bond donors (Lipinski definition) is 3. The Kier molecular flexibility index (Phi) is 3.56. The van der Waals surface area contributed by atoms with Crippen LogP contribution in [0.2, 0.25) is 0 Å². The molecule has 3 N–H and O–H groups in total. The molecule has 0 aromatic carbocycles. The minimum atomic E-state index is 0.379. The van der Waals surface area contributed by atoms with E-state index in [-0.39, 0.29) is 0 Å². The van der Waals surface area contributed by atoms with Gasteiger partial charge in [0.05, 0.1) is 0 Å². The fraction of sp³-hybridized carbons (Fsp3) is 0.636. The molecular formula is C11H18N4S. The molecule has 0 saturated carbocycles. The van der Waals surface area contributed by atoms with Crippen molar-refractivity contribution in [3.63, 3.8) is 0 Å². The third-order valence-electron chi connectivity index (χ3n) is 2.65. The molecule has 0 saturated heterocycles. The SMILES string of the molecule is CC(C)Nc1nc(=S)[nH]c2c1CCNCC2. The van der Waals surface area contributed by atoms with E-state index in [2.05, 4.69) is 34.4 Å². The molecule has 0 spiro atoms. The van der Waals surface area contributed by atoms with Crippen LogP contribution in [0.4, 0.5) is 5.82 Å². The van der Waals surface area contributed by atoms with Crippen LogP contribution >= 0.6 is 12.2 Å². The van der Waals surface area contributed by atoms with Crippen LogP contribution in [0.3, 0.4) is 0 Å². The van der Waals surface area contributed by atoms with E-state index in [9.17, 15) is 0 Å². The summed E-state index contributed by atoms with van der Waals surface area (Å²) in [6, 6.07) is 0.379. The van der Waals surface area contributed by atoms with Crippen LogP contribution in [0.25, 0.3) is 0 Å². The van der Waals surface area contributed by atoms with Crippen LogP contribution in [-0.4, -0.2) is 29.1 Å². The third kappa shape index (κ3) is 2.59. The topological polar surface area (TPSA) is 52.7 Å². The molecule has 16 heavy (non-hydrogen) atoms. The predicted octanol–water partition coefficient (Wildman–Crippen LogP) is 1.65. The Labute approximate surface area is 101 Å². The van der Waals surface area contributed by atoms with Crippen molar-refractivity contribution in [1.82, 2.24) is 15.3 Å². The number of nitrogens with one attached hydrogen (secondary N) is 3. The van der Waals surface area contributed by atoms with Gasteiger partial charge in [-0.25, -0.2) is 4.98 Å². The van der Waals surface area contributed by atoms with Crippen LogP contribution in [0, 0.1) is 4.77 Å². The van der Waals surface area contributed by atoms with Crippen molar-refractivity contribution < 1.29 is 0 Å². The van der Waals surface area contributed by atoms with Gasteiger partial charge >= 0.3 is 0 Å². The molecule has 0 radical (unpaired) electrons. The lowest BCUT2D eigenvalue weighted by Gasteiger charge is -2.15. The van der Waals surface area contributed by atoms with Crippen LogP contribution in [0.1, 0.15) is 25.1 Å². The number of fused-ring (bicyclic) bond motifs is 1. The van der Waals surface area contributed by atoms with Gasteiger partial charge in [0.25, 0.3) is 0 Å². The number of aromatic nitrogens is 2. The monoisotopic (exact) mass is 238 g/mol. The molecule has 4 nitrogen and oxygen atoms in total. The average molecular weight is 238 g/mol. The minimum Gasteiger partial charge on any atom is -0.368 e. The number of H-pyrrole nitrogens is 1. The zero-order valence-electron chi connectivity index (χ0n) is 9.76. The van der Waals surface area contributed by atoms with Gasteiger partial charge in [-0.15, -0.1) is 0 Å². The smallest absolute Gasteiger partial charge is 0.198 e. The van der Waals surface area contributed by atoms with Crippen molar-refractivity contribution in [2.75, 3.05) is 18.4 Å². The summed E-state index contributed by atoms with van der Waals surface area (Å²) in [6.07, 6.45) is 2.00. The fourth-order valence-corrected chi connectivity index (χ4v) is 2.19. The van der Waals surface area contributed by atoms with E-state index in [0.717, 1.165) is 31.7 Å². The highest BCUT2D eigenvalue weighted by molar-refractivity contribution is 7.71. The molecule has 0 unspecified atom stereocenters. The van der Waals surface area contributed by atoms with Crippen LogP contribution in [-0.2, 0) is 12.8 Å². The normalized spacial score (nSPS) is 15.7. The maximum absolute atomic E-state index is 5.15. The summed E-state index contributed by atoms with van der Waals surface area (Å²) in [7, 11) is 0. The van der Waals surface area contributed by atoms with Crippen LogP contribution < -0.4 is 10.6 Å². The second-order valence-electron chi connectivity index (χ2n) is 4.40. The largest absolute Gasteiger partial charge is 0.368 e. The Morgan fingerprint density at radius 1 is 1.31 bits per heavy atom. The van der Waals surface area contributed by atoms with Gasteiger partial charge in [0.1, 0.15) is 5.82 Å². The number of rotatable bonds is 2. The maximum atomic E-state index is 5.15. The standard InChI is InChI=1S/C11H18N4S/c1-7(2)13-10-8-3-5-12-6-4-9(8)14-11(16)15-10/h7,12H,3-6H2,1-2H3,(H2,13,14,15,16). The summed E-state index contributed by atoms with van der Waals surface area (Å²) in [6.45, 7) is 6.24. The van der Waals surface area contributed by atoms with E-state index in [4.69, 9.17) is 12.2 Å². The van der Waals surface area contributed by atoms with E-state index < -0.39 is 0 Å². The highest BCUT2D eigenvalue weighted by atomic mass is 32.1. The Morgan fingerprint density at radius 2 is 2.06 bits per heavy atom. The van der Waals surface area contributed by atoms with Crippen molar-refractivity contribution in [2.45, 2.75) is 32.7 Å². The molecule has 5 heteroatoms. The van der Waals surface area contributed by atoms with E-state index in [1.807, 2.05) is 0 Å². The lowest BCUT2D eigenvalue weighted by molar-refractivity contribution is 0.708. The lowest BCUT2D eigenvalue weighted by atomic mass is 10.1. The molecule has 0 aliphatic carbocycles. The molecule has 1 aliphatic heterocycles. The summed E-state index contributed by atoms with van der Waals surface area (Å²) in [5.74, 6) is 0.956. The van der Waals surface area contributed by atoms with Gasteiger partial charge in [-0.3, -0.25) is 0 Å². The molecule has 1 aromatic heterocycles. The van der Waals surface area contributed by atoms with E-state index in [1.165, 1.54) is 11.3 Å². The molecule has 2 heterocycles. The summed E-state index contributed by atoms with van der Waals surface area (Å²) in [4.78, 5) is 7.59. The Morgan fingerprint density at radius 3 is 2.81 bits per heavy atom. The molecule has 0 atom stereocenters. The van der Waals surface area contributed by atoms with Crippen LogP contribution in [0.5, 0.6) is 0 Å². The highest BCUT2D eigenvalue weighted by Gasteiger charge is 2.14. The number of aromatic amines is 1. The lowest BCUT2D eigenvalue weighted by Crippen LogP contribution is -2.17. The molecule has 1 aromatic rings. The number of anilines is 1. The van der Waals surface area contributed by atoms with E-state index in [1.54, 1.807) is 0 Å². The molecule has 1 aliphatic rings. The first-order valence-electron chi connectivity index (χ1n) is 5.76. The average Bonchev–Trinajstić information content (AvgIpc) is 2.41. The Bertz CT molecular complexity index is 424. The van der Waals surface area contributed by atoms with Gasteiger partial charge in [0.2, 0.25) is 0 Å². The zero-order valence-corrected chi connectivity index (χ0v) is 10.6. The van der Waals surface area contributed by atoms with Gasteiger partial charge in [-0.05, 0) is 39.0 Å². The summed E-state index contributed by atoms with van der Waals surface area (Å²) in [5.41, 5.74) is 2.51. The summed E-state index contributed by atoms with van der Waals surface area (Å²) < 4.78 is 0.573. The third-order valence-corrected chi connectivity index (χ3v) is 2.84. The summed E-state index contributed by atoms with van der Waals surface area (Å²) in [5, 5.41) is 6.76. The first-order valence-corrected chi connectivity index (χ1v) is 6.17. The first kappa shape index (κ1) is 11.5. The molecule has 0 bridgehead atoms. The van der Waals surface area contributed by atoms with Gasteiger partial charge in [-0.1, -0.05) is 0 Å². The van der Waals surface area contributed by atoms with Gasteiger partial charge < -0.3 is 15.6 Å². The Hall–Kier alpha value is -0.940. The van der Waals surface area contributed by atoms with Gasteiger partial charge in [0.15, 0.2) is 4.77 Å². The number of hydrogen-bond acceptors (Lipinski definition) is 4. The molecular weight excluding hydrogens is 220 g/mol. The fourth-order valence-electron chi connectivity index (χ4n) is 1.97. The molecule has 88 valence electrons. The van der Waals surface area contributed by atoms with Crippen molar-refractivity contribution in [3.05, 3.63) is 16.0 Å². The second-order valence-corrected chi connectivity index (χ2v) is 4.78. The number of nitrogens with zero attached hydrogens (tertiary/aromatic N) is 1. The maximum Gasteiger partial charge on any atom is 0.198 e.